The van der Waals surface area contributed by atoms with Gasteiger partial charge >= 0.3 is 0 Å². The average molecular weight is 623 g/mol. The molecular formula is C28H30BrCl2N3O4. The molecule has 2 N–H and O–H groups in total. The molecule has 1 aromatic heterocycles. The third-order valence-corrected chi connectivity index (χ3v) is 6.63. The van der Waals surface area contributed by atoms with E-state index in [9.17, 15) is 9.59 Å². The molecule has 38 heavy (non-hydrogen) atoms. The monoisotopic (exact) mass is 621 g/mol. The maximum atomic E-state index is 12.8. The molecule has 0 bridgehead atoms. The smallest absolute Gasteiger partial charge is 0.262 e. The van der Waals surface area contributed by atoms with Gasteiger partial charge in [0.2, 0.25) is 5.91 Å². The van der Waals surface area contributed by atoms with Crippen LogP contribution in [0, 0.1) is 12.8 Å². The highest BCUT2D eigenvalue weighted by molar-refractivity contribution is 9.10. The molecule has 3 rings (SSSR count). The Morgan fingerprint density at radius 1 is 1.13 bits per heavy atom. The summed E-state index contributed by atoms with van der Waals surface area (Å²) in [7, 11) is 0. The molecule has 0 unspecified atom stereocenters. The molecule has 0 radical (unpaired) electrons. The van der Waals surface area contributed by atoms with Crippen molar-refractivity contribution in [2.75, 3.05) is 6.61 Å². The molecule has 0 aliphatic carbocycles. The predicted octanol–water partition coefficient (Wildman–Crippen LogP) is 7.16. The van der Waals surface area contributed by atoms with Gasteiger partial charge in [-0.15, -0.1) is 0 Å². The van der Waals surface area contributed by atoms with Crippen molar-refractivity contribution in [3.05, 3.63) is 74.4 Å². The Hall–Kier alpha value is -2.81. The van der Waals surface area contributed by atoms with Crippen molar-refractivity contribution in [2.45, 2.75) is 46.1 Å². The molecule has 0 aliphatic rings. The molecule has 202 valence electrons. The maximum absolute atomic E-state index is 12.8. The third-order valence-electron chi connectivity index (χ3n) is 5.44. The van der Waals surface area contributed by atoms with Gasteiger partial charge in [-0.05, 0) is 73.7 Å². The van der Waals surface area contributed by atoms with Gasteiger partial charge in [-0.3, -0.25) is 9.59 Å². The molecule has 0 saturated carbocycles. The Morgan fingerprint density at radius 3 is 2.63 bits per heavy atom. The van der Waals surface area contributed by atoms with Crippen molar-refractivity contribution in [1.29, 1.82) is 0 Å². The average Bonchev–Trinajstić information content (AvgIpc) is 3.30. The van der Waals surface area contributed by atoms with Gasteiger partial charge in [0, 0.05) is 21.5 Å². The van der Waals surface area contributed by atoms with Gasteiger partial charge in [0.1, 0.15) is 23.3 Å². The highest BCUT2D eigenvalue weighted by Gasteiger charge is 2.21. The van der Waals surface area contributed by atoms with Crippen molar-refractivity contribution in [2.24, 2.45) is 11.0 Å². The molecule has 2 aromatic carbocycles. The number of hydrazone groups is 1. The van der Waals surface area contributed by atoms with E-state index >= 15 is 0 Å². The summed E-state index contributed by atoms with van der Waals surface area (Å²) in [6, 6.07) is 13.8. The third kappa shape index (κ3) is 9.19. The number of hydrogen-bond donors (Lipinski definition) is 2. The standard InChI is InChI=1S/C28H30BrCl2N3O4/c1-17(2)13-24(33-27(35)5-4-12-37-26-10-7-19(30)15-23(26)31)28(36)34-32-16-20-8-11-25(38-20)21-9-6-18(3)14-22(21)29/h6-11,14-17,24H,4-5,12-13H2,1-3H3,(H,33,35)(H,34,36)/b32-16-/t24-/m1/s1. The van der Waals surface area contributed by atoms with Crippen LogP contribution in [0.25, 0.3) is 11.3 Å². The Bertz CT molecular complexity index is 1290. The number of nitrogens with one attached hydrogen (secondary N) is 2. The summed E-state index contributed by atoms with van der Waals surface area (Å²) in [5.41, 5.74) is 4.56. The Kier molecular flexibility index (Phi) is 11.2. The summed E-state index contributed by atoms with van der Waals surface area (Å²) < 4.78 is 12.4. The molecule has 0 aliphatic heterocycles. The van der Waals surface area contributed by atoms with E-state index in [1.165, 1.54) is 6.21 Å². The van der Waals surface area contributed by atoms with Crippen molar-refractivity contribution in [1.82, 2.24) is 10.7 Å². The number of furan rings is 1. The van der Waals surface area contributed by atoms with Gasteiger partial charge in [0.05, 0.1) is 17.8 Å². The summed E-state index contributed by atoms with van der Waals surface area (Å²) in [5.74, 6) is 1.20. The van der Waals surface area contributed by atoms with Crippen LogP contribution in [0.5, 0.6) is 5.75 Å². The van der Waals surface area contributed by atoms with Crippen LogP contribution < -0.4 is 15.5 Å². The van der Waals surface area contributed by atoms with E-state index in [1.807, 2.05) is 45.0 Å². The number of rotatable bonds is 12. The van der Waals surface area contributed by atoms with E-state index in [2.05, 4.69) is 31.8 Å². The summed E-state index contributed by atoms with van der Waals surface area (Å²) in [5, 5.41) is 7.74. The van der Waals surface area contributed by atoms with Gasteiger partial charge in [-0.1, -0.05) is 59.0 Å². The normalized spacial score (nSPS) is 12.1. The van der Waals surface area contributed by atoms with Crippen LogP contribution in [0.1, 0.15) is 44.4 Å². The molecule has 1 atom stereocenters. The van der Waals surface area contributed by atoms with Crippen LogP contribution in [-0.4, -0.2) is 30.7 Å². The van der Waals surface area contributed by atoms with Crippen molar-refractivity contribution < 1.29 is 18.7 Å². The number of halogens is 3. The quantitative estimate of drug-likeness (QED) is 0.127. The number of aryl methyl sites for hydroxylation is 1. The fourth-order valence-electron chi connectivity index (χ4n) is 3.60. The first kappa shape index (κ1) is 29.7. The maximum Gasteiger partial charge on any atom is 0.262 e. The number of carbonyl (C=O) groups is 2. The lowest BCUT2D eigenvalue weighted by Gasteiger charge is -2.19. The number of benzene rings is 2. The first-order valence-corrected chi connectivity index (χ1v) is 13.7. The second-order valence-corrected chi connectivity index (χ2v) is 10.9. The van der Waals surface area contributed by atoms with Crippen molar-refractivity contribution >= 4 is 57.2 Å². The Labute approximate surface area is 241 Å². The minimum atomic E-state index is -0.720. The van der Waals surface area contributed by atoms with E-state index in [0.717, 1.165) is 15.6 Å². The van der Waals surface area contributed by atoms with E-state index in [1.54, 1.807) is 24.3 Å². The molecular weight excluding hydrogens is 593 g/mol. The van der Waals surface area contributed by atoms with Gasteiger partial charge in [-0.25, -0.2) is 5.43 Å². The van der Waals surface area contributed by atoms with Crippen LogP contribution in [0.4, 0.5) is 0 Å². The lowest BCUT2D eigenvalue weighted by atomic mass is 10.0. The van der Waals surface area contributed by atoms with E-state index < -0.39 is 11.9 Å². The molecule has 7 nitrogen and oxygen atoms in total. The number of ether oxygens (including phenoxy) is 1. The Balaban J connectivity index is 1.49. The minimum absolute atomic E-state index is 0.186. The molecule has 1 heterocycles. The van der Waals surface area contributed by atoms with Crippen LogP contribution in [0.2, 0.25) is 10.0 Å². The summed E-state index contributed by atoms with van der Waals surface area (Å²) in [6.07, 6.45) is 2.55. The minimum Gasteiger partial charge on any atom is -0.492 e. The van der Waals surface area contributed by atoms with Gasteiger partial charge < -0.3 is 14.5 Å². The molecule has 3 aromatic rings. The van der Waals surface area contributed by atoms with Crippen molar-refractivity contribution in [3.63, 3.8) is 0 Å². The highest BCUT2D eigenvalue weighted by Crippen LogP contribution is 2.30. The number of amides is 2. The highest BCUT2D eigenvalue weighted by atomic mass is 79.9. The zero-order valence-electron chi connectivity index (χ0n) is 21.4. The van der Waals surface area contributed by atoms with Gasteiger partial charge in [-0.2, -0.15) is 5.10 Å². The number of hydrogen-bond acceptors (Lipinski definition) is 5. The fourth-order valence-corrected chi connectivity index (χ4v) is 4.75. The van der Waals surface area contributed by atoms with Crippen molar-refractivity contribution in [3.8, 4) is 17.1 Å². The van der Waals surface area contributed by atoms with Gasteiger partial charge in [0.15, 0.2) is 0 Å². The van der Waals surface area contributed by atoms with Crippen LogP contribution in [0.3, 0.4) is 0 Å². The summed E-state index contributed by atoms with van der Waals surface area (Å²) in [6.45, 7) is 6.27. The molecule has 0 saturated heterocycles. The first-order chi connectivity index (χ1) is 18.1. The topological polar surface area (TPSA) is 92.9 Å². The van der Waals surface area contributed by atoms with E-state index in [4.69, 9.17) is 32.4 Å². The summed E-state index contributed by atoms with van der Waals surface area (Å²) >= 11 is 15.5. The lowest BCUT2D eigenvalue weighted by molar-refractivity contribution is -0.129. The molecule has 2 amide bonds. The molecule has 10 heteroatoms. The molecule has 0 fully saturated rings. The second kappa shape index (κ2) is 14.4. The largest absolute Gasteiger partial charge is 0.492 e. The second-order valence-electron chi connectivity index (χ2n) is 9.20. The SMILES string of the molecule is Cc1ccc(-c2ccc(/C=N\NC(=O)[C@@H](CC(C)C)NC(=O)CCCOc3ccc(Cl)cc3Cl)o2)c(Br)c1. The fraction of sp³-hybridized carbons (Fsp3) is 0.321. The molecule has 0 spiro atoms. The van der Waals surface area contributed by atoms with E-state index in [0.29, 0.717) is 46.8 Å². The zero-order valence-corrected chi connectivity index (χ0v) is 24.5. The van der Waals surface area contributed by atoms with Crippen LogP contribution >= 0.6 is 39.1 Å². The first-order valence-electron chi connectivity index (χ1n) is 12.2. The zero-order chi connectivity index (χ0) is 27.7. The Morgan fingerprint density at radius 2 is 1.92 bits per heavy atom. The summed E-state index contributed by atoms with van der Waals surface area (Å²) in [4.78, 5) is 25.3. The van der Waals surface area contributed by atoms with Crippen LogP contribution in [0.15, 0.2) is 62.5 Å². The lowest BCUT2D eigenvalue weighted by Crippen LogP contribution is -2.46. The number of carbonyl (C=O) groups excluding carboxylic acids is 2. The van der Waals surface area contributed by atoms with Gasteiger partial charge in [0.25, 0.3) is 5.91 Å². The predicted molar refractivity (Wildman–Crippen MR) is 155 cm³/mol. The van der Waals surface area contributed by atoms with E-state index in [-0.39, 0.29) is 18.2 Å². The van der Waals surface area contributed by atoms with Crippen LogP contribution in [-0.2, 0) is 9.59 Å². The number of nitrogens with zero attached hydrogens (tertiary/aromatic N) is 1.